The third-order valence-electron chi connectivity index (χ3n) is 22.2. The monoisotopic (exact) mass is 1940 g/mol. The normalized spacial score (nSPS) is 23.8. The molecule has 7 aromatic carbocycles. The van der Waals surface area contributed by atoms with E-state index in [0.29, 0.717) is 124 Å². The fourth-order valence-corrected chi connectivity index (χ4v) is 18.2. The molecular formula is C94H114Cl8IN5O14. The second-order valence-corrected chi connectivity index (χ2v) is 37.3. The van der Waals surface area contributed by atoms with Crippen LogP contribution in [0.4, 0.5) is 9.59 Å². The maximum Gasteiger partial charge on any atom is 0.408 e. The number of nitrogens with zero attached hydrogens (tertiary/aromatic N) is 1. The lowest BCUT2D eigenvalue weighted by atomic mass is 9.81. The molecule has 8 N–H and O–H groups in total. The lowest BCUT2D eigenvalue weighted by Crippen LogP contribution is -2.55. The molecule has 6 fully saturated rings. The summed E-state index contributed by atoms with van der Waals surface area (Å²) in [4.78, 5) is 110. The minimum Gasteiger partial charge on any atom is -0.444 e. The molecule has 6 aliphatic carbocycles. The number of aliphatic hydroxyl groups excluding tert-OH is 2. The molecule has 0 aromatic heterocycles. The minimum absolute atomic E-state index is 0. The Labute approximate surface area is 772 Å². The van der Waals surface area contributed by atoms with Crippen molar-refractivity contribution < 1.29 is 63.0 Å². The summed E-state index contributed by atoms with van der Waals surface area (Å²) in [5, 5.41) is 40.8. The van der Waals surface area contributed by atoms with Crippen molar-refractivity contribution in [3.63, 3.8) is 0 Å². The number of aliphatic hydroxyl groups is 2. The number of carbonyl (C=O) groups is 8. The van der Waals surface area contributed by atoms with Crippen LogP contribution >= 0.6 is 116 Å². The smallest absolute Gasteiger partial charge is 0.408 e. The first kappa shape index (κ1) is 104. The van der Waals surface area contributed by atoms with Crippen LogP contribution in [0.2, 0.25) is 35.2 Å². The number of benzene rings is 7. The number of hydrogen-bond donors (Lipinski definition) is 6. The molecule has 122 heavy (non-hydrogen) atoms. The highest BCUT2D eigenvalue weighted by Crippen LogP contribution is 2.44. The van der Waals surface area contributed by atoms with Crippen LogP contribution in [0.3, 0.4) is 0 Å². The Kier molecular flexibility index (Phi) is 41.8. The van der Waals surface area contributed by atoms with Gasteiger partial charge in [0.1, 0.15) is 51.3 Å². The van der Waals surface area contributed by atoms with Gasteiger partial charge in [0.15, 0.2) is 23.1 Å². The van der Waals surface area contributed by atoms with Crippen LogP contribution in [-0.2, 0) is 65.9 Å². The zero-order valence-electron chi connectivity index (χ0n) is 70.0. The summed E-state index contributed by atoms with van der Waals surface area (Å²) < 4.78 is 11.8. The summed E-state index contributed by atoms with van der Waals surface area (Å²) >= 11 is 44.9. The molecule has 13 rings (SSSR count). The van der Waals surface area contributed by atoms with Crippen LogP contribution in [0.15, 0.2) is 170 Å². The van der Waals surface area contributed by atoms with Gasteiger partial charge in [-0.25, -0.2) is 9.59 Å². The average Bonchev–Trinajstić information content (AvgIpc) is 1.29. The molecule has 0 spiro atoms. The number of nitrogens with two attached hydrogens (primary N) is 2. The van der Waals surface area contributed by atoms with Crippen LogP contribution in [-0.4, -0.2) is 85.4 Å². The van der Waals surface area contributed by atoms with E-state index in [1.54, 1.807) is 126 Å². The second kappa shape index (κ2) is 48.9. The van der Waals surface area contributed by atoms with Gasteiger partial charge >= 0.3 is 17.7 Å². The number of alkyl carbamates (subject to hydrolysis) is 2. The van der Waals surface area contributed by atoms with Crippen LogP contribution in [0, 0.1) is 13.7 Å². The van der Waals surface area contributed by atoms with Crippen molar-refractivity contribution in [1.29, 1.82) is 0 Å². The lowest BCUT2D eigenvalue weighted by molar-refractivity contribution is -0.562. The fourth-order valence-electron chi connectivity index (χ4n) is 16.0. The first-order chi connectivity index (χ1) is 57.3. The largest absolute Gasteiger partial charge is 0.444 e. The number of hydrogen-bond acceptors (Lipinski definition) is 16. The van der Waals surface area contributed by atoms with E-state index in [4.69, 9.17) is 102 Å². The number of rotatable bonds is 9. The first-order valence-corrected chi connectivity index (χ1v) is 45.2. The highest BCUT2D eigenvalue weighted by molar-refractivity contribution is 14.1. The van der Waals surface area contributed by atoms with Crippen molar-refractivity contribution in [3.8, 4) is 0 Å². The number of ether oxygens (including phenoxy) is 2. The van der Waals surface area contributed by atoms with E-state index in [-0.39, 0.29) is 54.3 Å². The highest BCUT2D eigenvalue weighted by atomic mass is 127. The molecule has 0 bridgehead atoms. The summed E-state index contributed by atoms with van der Waals surface area (Å²) in [5.41, 5.74) is 8.95. The first-order valence-electron chi connectivity index (χ1n) is 41.5. The quantitative estimate of drug-likeness (QED) is 0.0339. The van der Waals surface area contributed by atoms with Gasteiger partial charge in [0, 0.05) is 82.8 Å². The Morgan fingerprint density at radius 1 is 0.410 bits per heavy atom. The number of halogens is 9. The van der Waals surface area contributed by atoms with E-state index in [1.807, 2.05) is 84.9 Å². The molecule has 6 aliphatic rings. The number of nitro groups is 1. The van der Waals surface area contributed by atoms with E-state index in [2.05, 4.69) is 33.2 Å². The van der Waals surface area contributed by atoms with E-state index in [0.717, 1.165) is 115 Å². The van der Waals surface area contributed by atoms with Gasteiger partial charge in [0.25, 0.3) is 0 Å². The summed E-state index contributed by atoms with van der Waals surface area (Å²) in [5.74, 6) is -0.561. The highest BCUT2D eigenvalue weighted by Gasteiger charge is 2.54. The molecule has 0 saturated heterocycles. The molecule has 0 heterocycles. The molecule has 28 heteroatoms. The zero-order chi connectivity index (χ0) is 88.9. The van der Waals surface area contributed by atoms with Gasteiger partial charge in [-0.15, -0.1) is 12.4 Å². The fraction of sp³-hybridized carbons (Fsp3) is 0.468. The Hall–Kier alpha value is -6.61. The minimum atomic E-state index is -1.64. The van der Waals surface area contributed by atoms with Gasteiger partial charge in [0.2, 0.25) is 5.78 Å². The van der Waals surface area contributed by atoms with E-state index >= 15 is 0 Å². The summed E-state index contributed by atoms with van der Waals surface area (Å²) in [6.07, 6.45) is 17.1. The van der Waals surface area contributed by atoms with Crippen molar-refractivity contribution in [2.75, 3.05) is 0 Å². The molecule has 8 unspecified atom stereocenters. The summed E-state index contributed by atoms with van der Waals surface area (Å²) in [6, 6.07) is 50.6. The van der Waals surface area contributed by atoms with E-state index in [9.17, 15) is 58.7 Å². The number of ketones is 6. The lowest BCUT2D eigenvalue weighted by Gasteiger charge is -2.35. The Balaban J connectivity index is 0.000000223. The van der Waals surface area contributed by atoms with E-state index in [1.165, 1.54) is 6.42 Å². The predicted molar refractivity (Wildman–Crippen MR) is 497 cm³/mol. The molecule has 662 valence electrons. The van der Waals surface area contributed by atoms with Crippen LogP contribution in [0.5, 0.6) is 0 Å². The number of nitrogens with one attached hydrogen (secondary N) is 2. The van der Waals surface area contributed by atoms with Crippen LogP contribution in [0.25, 0.3) is 0 Å². The molecular weight excluding hydrogens is 1830 g/mol. The van der Waals surface area contributed by atoms with Gasteiger partial charge in [0.05, 0.1) is 15.6 Å². The number of Topliss-reactive ketones (excluding diaryl/α,β-unsaturated/α-hetero) is 6. The average molecular weight is 1950 g/mol. The Bertz CT molecular complexity index is 4680. The van der Waals surface area contributed by atoms with Crippen LogP contribution in [0.1, 0.15) is 261 Å². The third-order valence-corrected chi connectivity index (χ3v) is 25.8. The zero-order valence-corrected chi connectivity index (χ0v) is 78.3. The third kappa shape index (κ3) is 28.7. The topological polar surface area (TPSA) is 315 Å². The van der Waals surface area contributed by atoms with Crippen molar-refractivity contribution in [3.05, 3.63) is 252 Å². The predicted octanol–water partition coefficient (Wildman–Crippen LogP) is 23.9. The molecule has 6 saturated carbocycles. The van der Waals surface area contributed by atoms with E-state index < -0.39 is 74.0 Å². The molecule has 0 radical (unpaired) electrons. The molecule has 8 atom stereocenters. The molecule has 0 aliphatic heterocycles. The van der Waals surface area contributed by atoms with Gasteiger partial charge < -0.3 is 41.8 Å². The standard InChI is InChI=1S/C18H24ClNO4.C18H24ClNO3.C13H14ClNO3.C13H16ClNO2.C13H16ClNO.C13H15ClO.C6H4ClI.ClH/c1-17(2,3)24-16(23)20-18(12-8-4-5-9-13(12)19)11-7-6-10-14(21)15(18)22;1-17(2,3)23-16(22)20-18(12-8-4-5-11-15(18)21)13-9-6-7-10-14(13)19;14-11-7-4-3-6-10(11)13(15(17)18)9-5-1-2-8-12(13)16;14-10-6-2-1-5-9(10)13(15)8-4-3-7-11(16)12(13)17;14-11-7-4-3-6-10(11)13(15)9-5-1-2-8-12(13)16;14-12-8-5-4-6-10(12)11-7-2-1-3-9-13(11)15;7-5-3-1-2-4-6(5)8;/h4-5,8-9,14,21H,6-7,10-11H2,1-3H3,(H,20,23);6-7,9-10H,4-5,8,11-12H2,1-3H3,(H,20,22);3-4,6-7H,1-2,5,8-9H2;1-2,5-6,11,16H,3-4,7-8,15H2;3-4,6-7H,1-2,5,8-9,15H2;4-6,8,11H,1-3,7,9H2;1-4H;1H. The Morgan fingerprint density at radius 3 is 1.22 bits per heavy atom. The van der Waals surface area contributed by atoms with Crippen molar-refractivity contribution in [1.82, 2.24) is 10.6 Å². The maximum absolute atomic E-state index is 12.9. The molecule has 19 nitrogen and oxygen atoms in total. The van der Waals surface area contributed by atoms with Gasteiger partial charge in [-0.1, -0.05) is 267 Å². The van der Waals surface area contributed by atoms with Crippen LogP contribution < -0.4 is 22.1 Å². The van der Waals surface area contributed by atoms with Crippen molar-refractivity contribution in [2.24, 2.45) is 11.5 Å². The van der Waals surface area contributed by atoms with Gasteiger partial charge in [-0.3, -0.25) is 38.9 Å². The maximum atomic E-state index is 12.9. The van der Waals surface area contributed by atoms with Gasteiger partial charge in [-0.2, -0.15) is 0 Å². The molecule has 7 aromatic rings. The van der Waals surface area contributed by atoms with Crippen molar-refractivity contribution in [2.45, 2.75) is 278 Å². The second-order valence-electron chi connectivity index (χ2n) is 33.3. The molecule has 2 amide bonds. The SMILES string of the molecule is CC(C)(C)OC(=O)NC1(c2ccccc2Cl)CCCCC(O)C1=O.CC(C)(C)OC(=O)NC1(c2ccccc2Cl)CCCCCC1=O.Cl.Clc1ccccc1I.NC1(c2ccccc2Cl)CCCCC(O)C1=O.NC1(c2ccccc2Cl)CCCCCC1=O.O=C1CCCCCC1(c1ccccc1Cl)[N+](=O)[O-].O=C1CCCCCC1c1ccccc1Cl. The Morgan fingerprint density at radius 2 is 0.754 bits per heavy atom. The summed E-state index contributed by atoms with van der Waals surface area (Å²) in [6.45, 7) is 10.6. The van der Waals surface area contributed by atoms with Gasteiger partial charge in [-0.05, 0) is 212 Å². The summed E-state index contributed by atoms with van der Waals surface area (Å²) in [7, 11) is 0. The number of carbonyl (C=O) groups excluding carboxylic acids is 8. The van der Waals surface area contributed by atoms with Crippen molar-refractivity contribution >= 4 is 163 Å². The number of amides is 2.